The molecule has 4 heterocycles. The number of carboxylic acids is 1. The van der Waals surface area contributed by atoms with E-state index in [9.17, 15) is 24.7 Å². The number of fused-ring (bicyclic) bond motifs is 1. The number of carboxylic acid groups (broad SMARTS) is 1. The third kappa shape index (κ3) is 3.84. The number of hydrogen-bond acceptors (Lipinski definition) is 12. The Morgan fingerprint density at radius 1 is 1.45 bits per heavy atom. The lowest BCUT2D eigenvalue weighted by molar-refractivity contribution is -0.155. The van der Waals surface area contributed by atoms with Gasteiger partial charge in [-0.15, -0.1) is 5.10 Å². The molecular weight excluding hydrogens is 490 g/mol. The number of nitrogens with zero attached hydrogens (tertiary/aromatic N) is 5. The maximum atomic E-state index is 12.7. The number of hydrogen-bond donors (Lipinski definition) is 4. The van der Waals surface area contributed by atoms with Crippen LogP contribution < -0.4 is 11.1 Å². The second-order valence-electron chi connectivity index (χ2n) is 6.31. The van der Waals surface area contributed by atoms with Gasteiger partial charge >= 0.3 is 5.97 Å². The van der Waals surface area contributed by atoms with Crippen molar-refractivity contribution in [2.45, 2.75) is 30.0 Å². The molecule has 4 rings (SSSR count). The number of thiazole rings is 1. The number of amides is 2. The van der Waals surface area contributed by atoms with Crippen molar-refractivity contribution in [3.05, 3.63) is 26.0 Å². The van der Waals surface area contributed by atoms with Crippen molar-refractivity contribution in [3.63, 3.8) is 0 Å². The molecule has 0 aromatic carbocycles. The van der Waals surface area contributed by atoms with E-state index in [0.717, 1.165) is 39.5 Å². The first kappa shape index (κ1) is 21.5. The first-order valence-corrected chi connectivity index (χ1v) is 11.4. The van der Waals surface area contributed by atoms with Gasteiger partial charge in [-0.05, 0) is 24.4 Å². The van der Waals surface area contributed by atoms with E-state index in [-0.39, 0.29) is 20.9 Å². The summed E-state index contributed by atoms with van der Waals surface area (Å²) in [4.78, 5) is 42.7. The van der Waals surface area contributed by atoms with Gasteiger partial charge in [-0.25, -0.2) is 9.78 Å². The lowest BCUT2D eigenvalue weighted by Gasteiger charge is -2.50. The number of aromatic nitrogens is 3. The van der Waals surface area contributed by atoms with Crippen molar-refractivity contribution < 1.29 is 24.7 Å². The topological polar surface area (TPSA) is 184 Å². The van der Waals surface area contributed by atoms with Crippen LogP contribution in [-0.4, -0.2) is 65.4 Å². The van der Waals surface area contributed by atoms with Gasteiger partial charge in [-0.3, -0.25) is 14.5 Å². The van der Waals surface area contributed by atoms with Gasteiger partial charge in [0.15, 0.2) is 10.8 Å². The molecule has 0 radical (unpaired) electrons. The summed E-state index contributed by atoms with van der Waals surface area (Å²) >= 11 is 9.13. The lowest BCUT2D eigenvalue weighted by atomic mass is 9.86. The first-order chi connectivity index (χ1) is 14.8. The monoisotopic (exact) mass is 501 g/mol. The van der Waals surface area contributed by atoms with Crippen LogP contribution in [0.15, 0.2) is 26.2 Å². The van der Waals surface area contributed by atoms with E-state index in [1.807, 2.05) is 0 Å². The molecule has 2 aliphatic heterocycles. The number of carbonyl (C=O) groups excluding carboxylic acids is 2. The van der Waals surface area contributed by atoms with E-state index in [0.29, 0.717) is 22.8 Å². The number of nitrogens with one attached hydrogen (secondary N) is 1. The Morgan fingerprint density at radius 3 is 2.81 bits per heavy atom. The van der Waals surface area contributed by atoms with Gasteiger partial charge in [0.05, 0.1) is 6.04 Å². The second kappa shape index (κ2) is 8.41. The normalized spacial score (nSPS) is 21.0. The summed E-state index contributed by atoms with van der Waals surface area (Å²) in [6.45, 7) is 0. The van der Waals surface area contributed by atoms with E-state index >= 15 is 0 Å². The molecule has 0 bridgehead atoms. The molecule has 2 aromatic heterocycles. The van der Waals surface area contributed by atoms with Crippen LogP contribution in [0.4, 0.5) is 5.13 Å². The minimum Gasteiger partial charge on any atom is -0.477 e. The number of rotatable bonds is 6. The molecular formula is C15H12ClN7O5S3. The lowest BCUT2D eigenvalue weighted by Crippen LogP contribution is -2.72. The number of anilines is 1. The third-order valence-corrected chi connectivity index (χ3v) is 7.38. The number of thioether (sulfide) groups is 1. The molecule has 5 N–H and O–H groups in total. The van der Waals surface area contributed by atoms with Gasteiger partial charge in [-0.2, -0.15) is 0 Å². The highest BCUT2D eigenvalue weighted by atomic mass is 35.5. The Bertz CT molecular complexity index is 1130. The summed E-state index contributed by atoms with van der Waals surface area (Å²) in [6, 6.07) is -1.54. The number of allylic oxidation sites excluding steroid dienone is 1. The number of carbonyl (C=O) groups is 3. The number of nitrogen functional groups attached to an aromatic ring is 1. The Morgan fingerprint density at radius 2 is 2.23 bits per heavy atom. The molecule has 162 valence electrons. The Kier molecular flexibility index (Phi) is 5.83. The van der Waals surface area contributed by atoms with Crippen molar-refractivity contribution in [2.24, 2.45) is 5.16 Å². The molecule has 0 unspecified atom stereocenters. The molecule has 2 aliphatic rings. The molecule has 1 fully saturated rings. The number of oxime groups is 1. The number of aliphatic carboxylic acids is 1. The fourth-order valence-corrected chi connectivity index (χ4v) is 5.79. The molecule has 16 heteroatoms. The molecule has 2 amide bonds. The van der Waals surface area contributed by atoms with Crippen LogP contribution in [0.1, 0.15) is 18.5 Å². The predicted octanol–water partition coefficient (Wildman–Crippen LogP) is 0.986. The Labute approximate surface area is 190 Å². The zero-order valence-electron chi connectivity index (χ0n) is 15.2. The third-order valence-electron chi connectivity index (χ3n) is 4.59. The Balaban J connectivity index is 1.53. The smallest absolute Gasteiger partial charge is 0.353 e. The summed E-state index contributed by atoms with van der Waals surface area (Å²) in [6.07, 6.45) is 0.795. The molecule has 0 spiro atoms. The van der Waals surface area contributed by atoms with E-state index in [2.05, 4.69) is 25.0 Å². The molecule has 31 heavy (non-hydrogen) atoms. The van der Waals surface area contributed by atoms with Crippen molar-refractivity contribution >= 4 is 74.9 Å². The molecule has 2 atom stereocenters. The largest absolute Gasteiger partial charge is 0.477 e. The quantitative estimate of drug-likeness (QED) is 0.192. The van der Waals surface area contributed by atoms with Crippen molar-refractivity contribution in [3.8, 4) is 0 Å². The van der Waals surface area contributed by atoms with E-state index < -0.39 is 35.6 Å². The zero-order chi connectivity index (χ0) is 22.3. The van der Waals surface area contributed by atoms with E-state index in [1.54, 1.807) is 5.38 Å². The zero-order valence-corrected chi connectivity index (χ0v) is 18.4. The van der Waals surface area contributed by atoms with Crippen LogP contribution in [-0.2, 0) is 14.4 Å². The summed E-state index contributed by atoms with van der Waals surface area (Å²) in [5.41, 5.74) is 4.79. The minimum absolute atomic E-state index is 0.0500. The molecule has 12 nitrogen and oxygen atoms in total. The van der Waals surface area contributed by atoms with E-state index in [4.69, 9.17) is 17.3 Å². The van der Waals surface area contributed by atoms with Crippen molar-refractivity contribution in [1.82, 2.24) is 24.8 Å². The Hall–Kier alpha value is -2.75. The first-order valence-electron chi connectivity index (χ1n) is 8.51. The van der Waals surface area contributed by atoms with Crippen LogP contribution in [0.3, 0.4) is 0 Å². The van der Waals surface area contributed by atoms with Gasteiger partial charge < -0.3 is 21.4 Å². The second-order valence-corrected chi connectivity index (χ2v) is 9.67. The van der Waals surface area contributed by atoms with Gasteiger partial charge in [0.25, 0.3) is 11.8 Å². The van der Waals surface area contributed by atoms with Gasteiger partial charge in [0, 0.05) is 10.3 Å². The van der Waals surface area contributed by atoms with Crippen molar-refractivity contribution in [2.75, 3.05) is 5.73 Å². The van der Waals surface area contributed by atoms with Crippen LogP contribution in [0, 0.1) is 0 Å². The fraction of sp³-hybridized carbons (Fsp3) is 0.267. The average Bonchev–Trinajstić information content (AvgIpc) is 3.35. The number of nitrogens with two attached hydrogens (primary N) is 1. The fourth-order valence-electron chi connectivity index (χ4n) is 3.33. The molecule has 1 saturated heterocycles. The predicted molar refractivity (Wildman–Crippen MR) is 112 cm³/mol. The highest BCUT2D eigenvalue weighted by molar-refractivity contribution is 8.03. The van der Waals surface area contributed by atoms with Crippen LogP contribution in [0.5, 0.6) is 0 Å². The summed E-state index contributed by atoms with van der Waals surface area (Å²) < 4.78 is 3.79. The van der Waals surface area contributed by atoms with Crippen molar-refractivity contribution in [1.29, 1.82) is 0 Å². The summed E-state index contributed by atoms with van der Waals surface area (Å²) in [5, 5.41) is 30.5. The van der Waals surface area contributed by atoms with Gasteiger partial charge in [0.1, 0.15) is 26.8 Å². The maximum absolute atomic E-state index is 12.7. The molecule has 0 saturated carbocycles. The van der Waals surface area contributed by atoms with Gasteiger partial charge in [0.2, 0.25) is 0 Å². The SMILES string of the molecule is Nc1nc(/C(=N/O)C(=O)N[C@@H]2C(=O)N3C(C(=O)O)=C(Sc4csnn4)CC[C@H]23)c(Cl)s1. The number of halogens is 1. The van der Waals surface area contributed by atoms with Crippen LogP contribution in [0.2, 0.25) is 4.34 Å². The maximum Gasteiger partial charge on any atom is 0.353 e. The average molecular weight is 502 g/mol. The van der Waals surface area contributed by atoms with Crippen LogP contribution >= 0.6 is 46.2 Å². The van der Waals surface area contributed by atoms with E-state index in [1.165, 1.54) is 0 Å². The van der Waals surface area contributed by atoms with Gasteiger partial charge in [-0.1, -0.05) is 44.3 Å². The molecule has 0 aliphatic carbocycles. The van der Waals surface area contributed by atoms with Crippen LogP contribution in [0.25, 0.3) is 0 Å². The number of β-lactam (4-membered cyclic amide) rings is 1. The standard InChI is InChI=1S/C15H12ClN7O5S3/c16-11-8(19-15(17)31-11)9(21-28)12(24)18-7-4-1-2-5(30-6-3-29-22-20-6)10(14(26)27)23(4)13(7)25/h3-4,7,28H,1-2H2,(H2,17,19)(H,18,24)(H,26,27)/b21-9-/t4-,7+/m1/s1. The summed E-state index contributed by atoms with van der Waals surface area (Å²) in [7, 11) is 0. The highest BCUT2D eigenvalue weighted by Gasteiger charge is 2.54. The highest BCUT2D eigenvalue weighted by Crippen LogP contribution is 2.42. The minimum atomic E-state index is -1.25. The summed E-state index contributed by atoms with van der Waals surface area (Å²) in [5.74, 6) is -2.73. The molecule has 2 aromatic rings.